The quantitative estimate of drug-likeness (QED) is 0.255. The van der Waals surface area contributed by atoms with E-state index in [2.05, 4.69) is 93.7 Å². The van der Waals surface area contributed by atoms with Crippen LogP contribution >= 0.6 is 45.2 Å². The van der Waals surface area contributed by atoms with E-state index < -0.39 is 0 Å². The number of halogens is 2. The Morgan fingerprint density at radius 3 is 1.55 bits per heavy atom. The van der Waals surface area contributed by atoms with Gasteiger partial charge in [-0.3, -0.25) is 0 Å². The Hall–Kier alpha value is -0.180. The number of ether oxygens (including phenoxy) is 2. The topological polar surface area (TPSA) is 18.5 Å². The summed E-state index contributed by atoms with van der Waals surface area (Å²) in [6.07, 6.45) is 0. The highest BCUT2D eigenvalue weighted by Crippen LogP contribution is 2.22. The molecule has 0 N–H and O–H groups in total. The molecule has 0 radical (unpaired) electrons. The Bertz CT molecular complexity index is 521. The fraction of sp³-hybridized carbons (Fsp3) is 0.333. The number of hydrogen-bond acceptors (Lipinski definition) is 2. The van der Waals surface area contributed by atoms with Crippen molar-refractivity contribution in [2.24, 2.45) is 0 Å². The van der Waals surface area contributed by atoms with Crippen LogP contribution in [0.1, 0.15) is 11.1 Å². The van der Waals surface area contributed by atoms with Crippen molar-refractivity contribution in [2.75, 3.05) is 22.1 Å². The van der Waals surface area contributed by atoms with Gasteiger partial charge in [0.2, 0.25) is 0 Å². The fourth-order valence-corrected chi connectivity index (χ4v) is 2.79. The number of rotatable bonds is 9. The lowest BCUT2D eigenvalue weighted by Crippen LogP contribution is -1.97. The van der Waals surface area contributed by atoms with Crippen LogP contribution in [0.3, 0.4) is 0 Å². The van der Waals surface area contributed by atoms with Crippen molar-refractivity contribution in [3.8, 4) is 11.1 Å². The Morgan fingerprint density at radius 2 is 1.14 bits per heavy atom. The maximum atomic E-state index is 5.62. The van der Waals surface area contributed by atoms with Gasteiger partial charge in [0.1, 0.15) is 0 Å². The van der Waals surface area contributed by atoms with E-state index in [-0.39, 0.29) is 0 Å². The monoisotopic (exact) mass is 522 g/mol. The number of benzene rings is 2. The van der Waals surface area contributed by atoms with Gasteiger partial charge in [-0.2, -0.15) is 0 Å². The first-order valence-corrected chi connectivity index (χ1v) is 10.3. The van der Waals surface area contributed by atoms with Gasteiger partial charge in [-0.1, -0.05) is 81.6 Å². The lowest BCUT2D eigenvalue weighted by atomic mass is 10.0. The molecule has 0 atom stereocenters. The molecule has 0 aliphatic heterocycles. The number of alkyl halides is 2. The SMILES string of the molecule is ICCOCc1cccc(-c2cccc(COCCI)c2)c1. The highest BCUT2D eigenvalue weighted by atomic mass is 127. The molecular weight excluding hydrogens is 502 g/mol. The molecule has 0 unspecified atom stereocenters. The van der Waals surface area contributed by atoms with Crippen LogP contribution in [0.5, 0.6) is 0 Å². The first-order chi connectivity index (χ1) is 10.8. The van der Waals surface area contributed by atoms with Gasteiger partial charge in [0, 0.05) is 8.86 Å². The largest absolute Gasteiger partial charge is 0.376 e. The van der Waals surface area contributed by atoms with Crippen molar-refractivity contribution in [1.82, 2.24) is 0 Å². The molecule has 22 heavy (non-hydrogen) atoms. The average molecular weight is 522 g/mol. The third-order valence-corrected chi connectivity index (χ3v) is 4.05. The van der Waals surface area contributed by atoms with E-state index in [0.29, 0.717) is 13.2 Å². The van der Waals surface area contributed by atoms with E-state index in [0.717, 1.165) is 22.1 Å². The molecule has 2 aromatic rings. The van der Waals surface area contributed by atoms with Gasteiger partial charge in [0.15, 0.2) is 0 Å². The van der Waals surface area contributed by atoms with Gasteiger partial charge in [-0.25, -0.2) is 0 Å². The summed E-state index contributed by atoms with van der Waals surface area (Å²) < 4.78 is 13.3. The second-order valence-electron chi connectivity index (χ2n) is 4.88. The molecule has 0 fully saturated rings. The highest BCUT2D eigenvalue weighted by Gasteiger charge is 2.02. The van der Waals surface area contributed by atoms with Crippen LogP contribution in [0, 0.1) is 0 Å². The van der Waals surface area contributed by atoms with E-state index in [9.17, 15) is 0 Å². The van der Waals surface area contributed by atoms with E-state index in [1.807, 2.05) is 0 Å². The minimum Gasteiger partial charge on any atom is -0.376 e. The summed E-state index contributed by atoms with van der Waals surface area (Å²) >= 11 is 4.65. The van der Waals surface area contributed by atoms with Crippen LogP contribution in [0.25, 0.3) is 11.1 Å². The van der Waals surface area contributed by atoms with Crippen LogP contribution in [0.2, 0.25) is 0 Å². The van der Waals surface area contributed by atoms with E-state index in [1.165, 1.54) is 22.3 Å². The first-order valence-electron chi connectivity index (χ1n) is 7.29. The van der Waals surface area contributed by atoms with E-state index >= 15 is 0 Å². The molecule has 0 aromatic heterocycles. The smallest absolute Gasteiger partial charge is 0.0717 e. The second-order valence-corrected chi connectivity index (χ2v) is 7.04. The third-order valence-electron chi connectivity index (χ3n) is 3.17. The lowest BCUT2D eigenvalue weighted by Gasteiger charge is -2.08. The van der Waals surface area contributed by atoms with Crippen molar-refractivity contribution in [3.05, 3.63) is 59.7 Å². The lowest BCUT2D eigenvalue weighted by molar-refractivity contribution is 0.138. The third kappa shape index (κ3) is 6.14. The molecule has 118 valence electrons. The zero-order chi connectivity index (χ0) is 15.6. The minimum atomic E-state index is 0.676. The van der Waals surface area contributed by atoms with Crippen molar-refractivity contribution in [2.45, 2.75) is 13.2 Å². The summed E-state index contributed by atoms with van der Waals surface area (Å²) in [4.78, 5) is 0. The minimum absolute atomic E-state index is 0.676. The molecule has 2 nitrogen and oxygen atoms in total. The summed E-state index contributed by atoms with van der Waals surface area (Å²) in [5.74, 6) is 0. The zero-order valence-electron chi connectivity index (χ0n) is 12.4. The van der Waals surface area contributed by atoms with Gasteiger partial charge in [0.25, 0.3) is 0 Å². The summed E-state index contributed by atoms with van der Waals surface area (Å²) in [7, 11) is 0. The Labute approximate surface area is 159 Å². The Balaban J connectivity index is 2.07. The van der Waals surface area contributed by atoms with Crippen molar-refractivity contribution >= 4 is 45.2 Å². The van der Waals surface area contributed by atoms with Gasteiger partial charge in [-0.15, -0.1) is 0 Å². The normalized spacial score (nSPS) is 10.8. The van der Waals surface area contributed by atoms with Crippen LogP contribution < -0.4 is 0 Å². The zero-order valence-corrected chi connectivity index (χ0v) is 16.7. The van der Waals surface area contributed by atoms with Gasteiger partial charge >= 0.3 is 0 Å². The molecule has 0 aliphatic rings. The van der Waals surface area contributed by atoms with Crippen LogP contribution in [-0.4, -0.2) is 22.1 Å². The number of hydrogen-bond donors (Lipinski definition) is 0. The predicted molar refractivity (Wildman–Crippen MR) is 109 cm³/mol. The molecular formula is C18H20I2O2. The highest BCUT2D eigenvalue weighted by molar-refractivity contribution is 14.1. The molecule has 0 saturated heterocycles. The Morgan fingerprint density at radius 1 is 0.682 bits per heavy atom. The molecule has 0 bridgehead atoms. The molecule has 0 amide bonds. The van der Waals surface area contributed by atoms with Crippen molar-refractivity contribution in [1.29, 1.82) is 0 Å². The van der Waals surface area contributed by atoms with Crippen molar-refractivity contribution in [3.63, 3.8) is 0 Å². The summed E-state index contributed by atoms with van der Waals surface area (Å²) in [5.41, 5.74) is 4.89. The van der Waals surface area contributed by atoms with Crippen molar-refractivity contribution < 1.29 is 9.47 Å². The summed E-state index contributed by atoms with van der Waals surface area (Å²) in [6, 6.07) is 17.1. The maximum Gasteiger partial charge on any atom is 0.0717 e. The van der Waals surface area contributed by atoms with E-state index in [1.54, 1.807) is 0 Å². The van der Waals surface area contributed by atoms with Crippen LogP contribution in [-0.2, 0) is 22.7 Å². The molecule has 0 heterocycles. The maximum absolute atomic E-state index is 5.62. The molecule has 0 spiro atoms. The van der Waals surface area contributed by atoms with Gasteiger partial charge in [-0.05, 0) is 34.4 Å². The van der Waals surface area contributed by atoms with Gasteiger partial charge in [0.05, 0.1) is 26.4 Å². The standard InChI is InChI=1S/C18H20I2O2/c19-7-9-21-13-15-3-1-5-17(11-15)18-6-2-4-16(12-18)14-22-10-8-20/h1-6,11-12H,7-10,13-14H2. The summed E-state index contributed by atoms with van der Waals surface area (Å²) in [6.45, 7) is 2.95. The van der Waals surface area contributed by atoms with E-state index in [4.69, 9.17) is 9.47 Å². The molecule has 4 heteroatoms. The molecule has 2 aromatic carbocycles. The Kier molecular flexibility index (Phi) is 8.72. The molecule has 0 saturated carbocycles. The summed E-state index contributed by atoms with van der Waals surface area (Å²) in [5, 5.41) is 0. The first kappa shape index (κ1) is 18.2. The predicted octanol–water partition coefficient (Wildman–Crippen LogP) is 5.26. The molecule has 2 rings (SSSR count). The van der Waals surface area contributed by atoms with Gasteiger partial charge < -0.3 is 9.47 Å². The molecule has 0 aliphatic carbocycles. The van der Waals surface area contributed by atoms with Crippen LogP contribution in [0.15, 0.2) is 48.5 Å². The van der Waals surface area contributed by atoms with Crippen LogP contribution in [0.4, 0.5) is 0 Å². The fourth-order valence-electron chi connectivity index (χ4n) is 2.17. The second kappa shape index (κ2) is 10.6. The average Bonchev–Trinajstić information content (AvgIpc) is 2.56.